The summed E-state index contributed by atoms with van der Waals surface area (Å²) in [5.74, 6) is 0.171. The summed E-state index contributed by atoms with van der Waals surface area (Å²) in [6.07, 6.45) is 1.75. The quantitative estimate of drug-likeness (QED) is 0.633. The van der Waals surface area contributed by atoms with E-state index in [4.69, 9.17) is 16.7 Å². The summed E-state index contributed by atoms with van der Waals surface area (Å²) in [7, 11) is 0. The molecule has 0 aliphatic heterocycles. The SMILES string of the molecule is O=C(O)N[C@@H]1CCC[C@@H]1NC(=O)CCCl. The molecule has 0 aromatic carbocycles. The van der Waals surface area contributed by atoms with Gasteiger partial charge < -0.3 is 15.7 Å². The fraction of sp³-hybridized carbons (Fsp3) is 0.778. The maximum Gasteiger partial charge on any atom is 0.404 e. The van der Waals surface area contributed by atoms with Crippen LogP contribution in [0.4, 0.5) is 4.79 Å². The van der Waals surface area contributed by atoms with Crippen molar-refractivity contribution in [3.8, 4) is 0 Å². The number of rotatable bonds is 4. The molecule has 0 spiro atoms. The molecule has 1 aliphatic rings. The smallest absolute Gasteiger partial charge is 0.404 e. The van der Waals surface area contributed by atoms with Crippen molar-refractivity contribution >= 4 is 23.6 Å². The van der Waals surface area contributed by atoms with E-state index in [1.165, 1.54) is 0 Å². The van der Waals surface area contributed by atoms with Crippen molar-refractivity contribution < 1.29 is 14.7 Å². The first-order chi connectivity index (χ1) is 7.13. The summed E-state index contributed by atoms with van der Waals surface area (Å²) in [6.45, 7) is 0. The molecule has 0 radical (unpaired) electrons. The van der Waals surface area contributed by atoms with Crippen LogP contribution in [-0.4, -0.2) is 35.1 Å². The lowest BCUT2D eigenvalue weighted by molar-refractivity contribution is -0.121. The molecule has 0 saturated heterocycles. The van der Waals surface area contributed by atoms with Crippen molar-refractivity contribution in [2.24, 2.45) is 0 Å². The van der Waals surface area contributed by atoms with Crippen LogP contribution in [0, 0.1) is 0 Å². The van der Waals surface area contributed by atoms with E-state index in [1.54, 1.807) is 0 Å². The predicted molar refractivity (Wildman–Crippen MR) is 56.1 cm³/mol. The average Bonchev–Trinajstić information content (AvgIpc) is 2.52. The number of hydrogen-bond acceptors (Lipinski definition) is 2. The van der Waals surface area contributed by atoms with Gasteiger partial charge in [0.2, 0.25) is 5.91 Å². The first-order valence-corrected chi connectivity index (χ1v) is 5.51. The summed E-state index contributed by atoms with van der Waals surface area (Å²) < 4.78 is 0. The van der Waals surface area contributed by atoms with Crippen molar-refractivity contribution in [2.75, 3.05) is 5.88 Å². The number of amides is 2. The van der Waals surface area contributed by atoms with Crippen molar-refractivity contribution in [1.82, 2.24) is 10.6 Å². The summed E-state index contributed by atoms with van der Waals surface area (Å²) in [6, 6.07) is -0.251. The van der Waals surface area contributed by atoms with Gasteiger partial charge in [-0.3, -0.25) is 4.79 Å². The first kappa shape index (κ1) is 12.1. The third-order valence-electron chi connectivity index (χ3n) is 2.49. The molecule has 1 fully saturated rings. The Morgan fingerprint density at radius 1 is 1.27 bits per heavy atom. The van der Waals surface area contributed by atoms with Gasteiger partial charge in [0.15, 0.2) is 0 Å². The monoisotopic (exact) mass is 234 g/mol. The van der Waals surface area contributed by atoms with E-state index in [2.05, 4.69) is 10.6 Å². The van der Waals surface area contributed by atoms with Gasteiger partial charge in [-0.25, -0.2) is 4.79 Å². The summed E-state index contributed by atoms with van der Waals surface area (Å²) in [5, 5.41) is 13.8. The van der Waals surface area contributed by atoms with Gasteiger partial charge in [0, 0.05) is 18.3 Å². The molecule has 15 heavy (non-hydrogen) atoms. The minimum absolute atomic E-state index is 0.0863. The summed E-state index contributed by atoms with van der Waals surface area (Å²) >= 11 is 5.43. The number of carbonyl (C=O) groups is 2. The Morgan fingerprint density at radius 2 is 1.87 bits per heavy atom. The Hall–Kier alpha value is -0.970. The van der Waals surface area contributed by atoms with E-state index in [0.717, 1.165) is 19.3 Å². The van der Waals surface area contributed by atoms with Crippen LogP contribution in [0.2, 0.25) is 0 Å². The standard InChI is InChI=1S/C9H15ClN2O3/c10-5-4-8(13)11-6-2-1-3-7(6)12-9(14)15/h6-7,12H,1-5H2,(H,11,13)(H,14,15)/t6-,7+/m0/s1. The van der Waals surface area contributed by atoms with Gasteiger partial charge in [-0.05, 0) is 19.3 Å². The first-order valence-electron chi connectivity index (χ1n) is 4.98. The lowest BCUT2D eigenvalue weighted by Gasteiger charge is -2.20. The molecule has 0 unspecified atom stereocenters. The van der Waals surface area contributed by atoms with Gasteiger partial charge in [-0.15, -0.1) is 11.6 Å². The normalized spacial score (nSPS) is 24.9. The Labute approximate surface area is 93.2 Å². The molecular formula is C9H15ClN2O3. The predicted octanol–water partition coefficient (Wildman–Crippen LogP) is 0.920. The largest absolute Gasteiger partial charge is 0.465 e. The van der Waals surface area contributed by atoms with E-state index < -0.39 is 6.09 Å². The van der Waals surface area contributed by atoms with Gasteiger partial charge in [0.1, 0.15) is 0 Å². The third kappa shape index (κ3) is 3.95. The summed E-state index contributed by atoms with van der Waals surface area (Å²) in [4.78, 5) is 21.7. The highest BCUT2D eigenvalue weighted by atomic mass is 35.5. The molecule has 1 rings (SSSR count). The van der Waals surface area contributed by atoms with Crippen LogP contribution in [0.25, 0.3) is 0 Å². The Bertz CT molecular complexity index is 248. The highest BCUT2D eigenvalue weighted by Gasteiger charge is 2.29. The highest BCUT2D eigenvalue weighted by Crippen LogP contribution is 2.19. The topological polar surface area (TPSA) is 78.4 Å². The molecule has 86 valence electrons. The second kappa shape index (κ2) is 5.80. The Kier molecular flexibility index (Phi) is 4.68. The van der Waals surface area contributed by atoms with Crippen LogP contribution in [0.3, 0.4) is 0 Å². The summed E-state index contributed by atoms with van der Waals surface area (Å²) in [5.41, 5.74) is 0. The molecule has 1 aliphatic carbocycles. The van der Waals surface area contributed by atoms with E-state index >= 15 is 0 Å². The van der Waals surface area contributed by atoms with Crippen LogP contribution in [0.1, 0.15) is 25.7 Å². The van der Waals surface area contributed by atoms with Crippen molar-refractivity contribution in [1.29, 1.82) is 0 Å². The van der Waals surface area contributed by atoms with E-state index in [0.29, 0.717) is 0 Å². The van der Waals surface area contributed by atoms with Crippen molar-refractivity contribution in [3.05, 3.63) is 0 Å². The second-order valence-corrected chi connectivity index (χ2v) is 3.98. The average molecular weight is 235 g/mol. The molecular weight excluding hydrogens is 220 g/mol. The number of alkyl halides is 1. The number of carbonyl (C=O) groups excluding carboxylic acids is 1. The van der Waals surface area contributed by atoms with Crippen molar-refractivity contribution in [3.63, 3.8) is 0 Å². The molecule has 1 saturated carbocycles. The van der Waals surface area contributed by atoms with Gasteiger partial charge in [0.25, 0.3) is 0 Å². The van der Waals surface area contributed by atoms with Gasteiger partial charge in [-0.2, -0.15) is 0 Å². The fourth-order valence-electron chi connectivity index (χ4n) is 1.83. The second-order valence-electron chi connectivity index (χ2n) is 3.60. The molecule has 5 nitrogen and oxygen atoms in total. The molecule has 6 heteroatoms. The van der Waals surface area contributed by atoms with Crippen LogP contribution in [-0.2, 0) is 4.79 Å². The number of carboxylic acid groups (broad SMARTS) is 1. The Balaban J connectivity index is 2.39. The van der Waals surface area contributed by atoms with Gasteiger partial charge >= 0.3 is 6.09 Å². The van der Waals surface area contributed by atoms with E-state index in [9.17, 15) is 9.59 Å². The zero-order valence-corrected chi connectivity index (χ0v) is 9.09. The molecule has 2 amide bonds. The van der Waals surface area contributed by atoms with Crippen LogP contribution in [0.15, 0.2) is 0 Å². The van der Waals surface area contributed by atoms with Gasteiger partial charge in [0.05, 0.1) is 6.04 Å². The van der Waals surface area contributed by atoms with Crippen LogP contribution in [0.5, 0.6) is 0 Å². The zero-order valence-electron chi connectivity index (χ0n) is 8.33. The lowest BCUT2D eigenvalue weighted by Crippen LogP contribution is -2.48. The maximum absolute atomic E-state index is 11.3. The molecule has 2 atom stereocenters. The van der Waals surface area contributed by atoms with Crippen LogP contribution >= 0.6 is 11.6 Å². The minimum atomic E-state index is -1.04. The lowest BCUT2D eigenvalue weighted by atomic mass is 10.1. The van der Waals surface area contributed by atoms with E-state index in [1.807, 2.05) is 0 Å². The molecule has 3 N–H and O–H groups in total. The van der Waals surface area contributed by atoms with Crippen LogP contribution < -0.4 is 10.6 Å². The molecule has 0 aromatic rings. The van der Waals surface area contributed by atoms with Gasteiger partial charge in [-0.1, -0.05) is 0 Å². The Morgan fingerprint density at radius 3 is 2.40 bits per heavy atom. The number of hydrogen-bond donors (Lipinski definition) is 3. The molecule has 0 aromatic heterocycles. The number of nitrogens with one attached hydrogen (secondary N) is 2. The molecule has 0 bridgehead atoms. The minimum Gasteiger partial charge on any atom is -0.465 e. The molecule has 0 heterocycles. The zero-order chi connectivity index (χ0) is 11.3. The number of halogens is 1. The maximum atomic E-state index is 11.3. The fourth-order valence-corrected chi connectivity index (χ4v) is 2.00. The highest BCUT2D eigenvalue weighted by molar-refractivity contribution is 6.18. The van der Waals surface area contributed by atoms with E-state index in [-0.39, 0.29) is 30.3 Å². The third-order valence-corrected chi connectivity index (χ3v) is 2.68. The van der Waals surface area contributed by atoms with Crippen molar-refractivity contribution in [2.45, 2.75) is 37.8 Å².